The Labute approximate surface area is 124 Å². The first-order chi connectivity index (χ1) is 9.74. The Balaban J connectivity index is 1.73. The second-order valence-electron chi connectivity index (χ2n) is 5.22. The van der Waals surface area contributed by atoms with Gasteiger partial charge in [0.05, 0.1) is 0 Å². The van der Waals surface area contributed by atoms with E-state index in [4.69, 9.17) is 0 Å². The van der Waals surface area contributed by atoms with Crippen molar-refractivity contribution in [3.8, 4) is 0 Å². The Morgan fingerprint density at radius 3 is 2.60 bits per heavy atom. The van der Waals surface area contributed by atoms with Gasteiger partial charge in [-0.1, -0.05) is 42.5 Å². The molecule has 3 rings (SSSR count). The normalized spacial score (nSPS) is 12.7. The summed E-state index contributed by atoms with van der Waals surface area (Å²) in [6.07, 6.45) is 0. The summed E-state index contributed by atoms with van der Waals surface area (Å²) in [6, 6.07) is 19.8. The maximum atomic E-state index is 3.63. The molecule has 0 aliphatic carbocycles. The minimum atomic E-state index is 0.381. The molecular formula is C18H19NS. The summed E-state index contributed by atoms with van der Waals surface area (Å²) in [5.41, 5.74) is 2.73. The van der Waals surface area contributed by atoms with Gasteiger partial charge in [-0.3, -0.25) is 0 Å². The summed E-state index contributed by atoms with van der Waals surface area (Å²) in [4.78, 5) is 1.40. The number of rotatable bonds is 4. The summed E-state index contributed by atoms with van der Waals surface area (Å²) >= 11 is 1.88. The molecule has 3 aromatic rings. The number of hydrogen-bond donors (Lipinski definition) is 1. The third-order valence-corrected chi connectivity index (χ3v) is 5.03. The van der Waals surface area contributed by atoms with Crippen molar-refractivity contribution in [2.75, 3.05) is 0 Å². The summed E-state index contributed by atoms with van der Waals surface area (Å²) in [7, 11) is 0. The van der Waals surface area contributed by atoms with Gasteiger partial charge in [-0.15, -0.1) is 11.3 Å². The van der Waals surface area contributed by atoms with Crippen LogP contribution in [0.2, 0.25) is 0 Å². The molecule has 1 atom stereocenters. The highest BCUT2D eigenvalue weighted by molar-refractivity contribution is 7.19. The molecule has 0 radical (unpaired) electrons. The molecule has 20 heavy (non-hydrogen) atoms. The van der Waals surface area contributed by atoms with Crippen LogP contribution in [0.4, 0.5) is 0 Å². The Bertz CT molecular complexity index is 681. The van der Waals surface area contributed by atoms with E-state index >= 15 is 0 Å². The van der Waals surface area contributed by atoms with E-state index in [1.54, 1.807) is 0 Å². The SMILES string of the molecule is Cc1ccccc1CNC(C)c1cc2ccccc2s1. The van der Waals surface area contributed by atoms with Gasteiger partial charge in [0.1, 0.15) is 0 Å². The fraction of sp³-hybridized carbons (Fsp3) is 0.222. The van der Waals surface area contributed by atoms with Crippen LogP contribution in [0.3, 0.4) is 0 Å². The van der Waals surface area contributed by atoms with Crippen LogP contribution in [0.1, 0.15) is 29.0 Å². The molecule has 1 aromatic heterocycles. The zero-order valence-electron chi connectivity index (χ0n) is 11.9. The van der Waals surface area contributed by atoms with Crippen molar-refractivity contribution >= 4 is 21.4 Å². The summed E-state index contributed by atoms with van der Waals surface area (Å²) in [5, 5.41) is 4.97. The van der Waals surface area contributed by atoms with Gasteiger partial charge in [0.2, 0.25) is 0 Å². The second kappa shape index (κ2) is 5.78. The highest BCUT2D eigenvalue weighted by Crippen LogP contribution is 2.29. The molecule has 0 spiro atoms. The van der Waals surface area contributed by atoms with Crippen molar-refractivity contribution in [1.82, 2.24) is 5.32 Å². The molecule has 0 fully saturated rings. The van der Waals surface area contributed by atoms with Crippen LogP contribution in [-0.2, 0) is 6.54 Å². The predicted octanol–water partition coefficient (Wildman–Crippen LogP) is 5.06. The van der Waals surface area contributed by atoms with E-state index in [2.05, 4.69) is 73.8 Å². The molecule has 1 nitrogen and oxygen atoms in total. The molecule has 1 heterocycles. The maximum Gasteiger partial charge on any atom is 0.0389 e. The smallest absolute Gasteiger partial charge is 0.0389 e. The molecular weight excluding hydrogens is 262 g/mol. The summed E-state index contributed by atoms with van der Waals surface area (Å²) in [5.74, 6) is 0. The van der Waals surface area contributed by atoms with Gasteiger partial charge in [-0.25, -0.2) is 0 Å². The minimum Gasteiger partial charge on any atom is -0.305 e. The van der Waals surface area contributed by atoms with Crippen LogP contribution in [-0.4, -0.2) is 0 Å². The van der Waals surface area contributed by atoms with E-state index in [1.165, 1.54) is 26.1 Å². The second-order valence-corrected chi connectivity index (χ2v) is 6.33. The van der Waals surface area contributed by atoms with Crippen LogP contribution in [0, 0.1) is 6.92 Å². The molecule has 1 N–H and O–H groups in total. The largest absolute Gasteiger partial charge is 0.305 e. The van der Waals surface area contributed by atoms with Crippen LogP contribution < -0.4 is 5.32 Å². The maximum absolute atomic E-state index is 3.63. The number of aryl methyl sites for hydroxylation is 1. The lowest BCUT2D eigenvalue weighted by molar-refractivity contribution is 0.582. The Hall–Kier alpha value is -1.64. The lowest BCUT2D eigenvalue weighted by atomic mass is 10.1. The minimum absolute atomic E-state index is 0.381. The molecule has 102 valence electrons. The van der Waals surface area contributed by atoms with E-state index in [-0.39, 0.29) is 0 Å². The topological polar surface area (TPSA) is 12.0 Å². The van der Waals surface area contributed by atoms with Gasteiger partial charge in [0.15, 0.2) is 0 Å². The van der Waals surface area contributed by atoms with Crippen molar-refractivity contribution in [3.05, 3.63) is 70.6 Å². The monoisotopic (exact) mass is 281 g/mol. The molecule has 0 saturated heterocycles. The molecule has 0 aliphatic rings. The summed E-state index contributed by atoms with van der Waals surface area (Å²) < 4.78 is 1.37. The number of benzene rings is 2. The van der Waals surface area contributed by atoms with Gasteiger partial charge >= 0.3 is 0 Å². The van der Waals surface area contributed by atoms with Gasteiger partial charge in [-0.2, -0.15) is 0 Å². The van der Waals surface area contributed by atoms with Crippen LogP contribution in [0.15, 0.2) is 54.6 Å². The average molecular weight is 281 g/mol. The number of thiophene rings is 1. The predicted molar refractivity (Wildman–Crippen MR) is 88.3 cm³/mol. The quantitative estimate of drug-likeness (QED) is 0.704. The summed E-state index contributed by atoms with van der Waals surface area (Å²) in [6.45, 7) is 5.33. The zero-order valence-corrected chi connectivity index (χ0v) is 12.7. The molecule has 1 unspecified atom stereocenters. The lowest BCUT2D eigenvalue weighted by Gasteiger charge is -2.13. The average Bonchev–Trinajstić information content (AvgIpc) is 2.90. The molecule has 0 bridgehead atoms. The Morgan fingerprint density at radius 2 is 1.80 bits per heavy atom. The van der Waals surface area contributed by atoms with Crippen LogP contribution in [0.5, 0.6) is 0 Å². The third-order valence-electron chi connectivity index (χ3n) is 3.73. The number of nitrogens with one attached hydrogen (secondary N) is 1. The van der Waals surface area contributed by atoms with E-state index in [0.717, 1.165) is 6.54 Å². The Morgan fingerprint density at radius 1 is 1.05 bits per heavy atom. The molecule has 0 aliphatic heterocycles. The fourth-order valence-corrected chi connectivity index (χ4v) is 3.48. The molecule has 0 amide bonds. The lowest BCUT2D eigenvalue weighted by Crippen LogP contribution is -2.17. The van der Waals surface area contributed by atoms with Gasteiger partial charge < -0.3 is 5.32 Å². The fourth-order valence-electron chi connectivity index (χ4n) is 2.39. The van der Waals surface area contributed by atoms with E-state index < -0.39 is 0 Å². The van der Waals surface area contributed by atoms with Crippen molar-refractivity contribution < 1.29 is 0 Å². The molecule has 0 saturated carbocycles. The number of fused-ring (bicyclic) bond motifs is 1. The van der Waals surface area contributed by atoms with Gasteiger partial charge in [0.25, 0.3) is 0 Å². The van der Waals surface area contributed by atoms with Gasteiger partial charge in [-0.05, 0) is 42.5 Å². The Kier molecular flexibility index (Phi) is 3.86. The first kappa shape index (κ1) is 13.3. The van der Waals surface area contributed by atoms with Crippen molar-refractivity contribution in [2.45, 2.75) is 26.4 Å². The van der Waals surface area contributed by atoms with Crippen molar-refractivity contribution in [2.24, 2.45) is 0 Å². The first-order valence-corrected chi connectivity index (χ1v) is 7.82. The third kappa shape index (κ3) is 2.77. The zero-order chi connectivity index (χ0) is 13.9. The van der Waals surface area contributed by atoms with E-state index in [9.17, 15) is 0 Å². The highest BCUT2D eigenvalue weighted by atomic mass is 32.1. The highest BCUT2D eigenvalue weighted by Gasteiger charge is 2.09. The van der Waals surface area contributed by atoms with Crippen LogP contribution >= 0.6 is 11.3 Å². The van der Waals surface area contributed by atoms with E-state index in [1.807, 2.05) is 11.3 Å². The van der Waals surface area contributed by atoms with E-state index in [0.29, 0.717) is 6.04 Å². The van der Waals surface area contributed by atoms with Gasteiger partial charge in [0, 0.05) is 22.2 Å². The van der Waals surface area contributed by atoms with Crippen molar-refractivity contribution in [1.29, 1.82) is 0 Å². The number of hydrogen-bond acceptors (Lipinski definition) is 2. The standard InChI is InChI=1S/C18H19NS/c1-13-7-3-4-9-16(13)12-19-14(2)18-11-15-8-5-6-10-17(15)20-18/h3-11,14,19H,12H2,1-2H3. The first-order valence-electron chi connectivity index (χ1n) is 7.00. The van der Waals surface area contributed by atoms with Crippen molar-refractivity contribution in [3.63, 3.8) is 0 Å². The molecule has 2 heteroatoms. The molecule has 2 aromatic carbocycles. The van der Waals surface area contributed by atoms with Crippen LogP contribution in [0.25, 0.3) is 10.1 Å².